The van der Waals surface area contributed by atoms with Gasteiger partial charge in [-0.1, -0.05) is 129 Å². The third-order valence-electron chi connectivity index (χ3n) is 12.5. The average molecular weight is 693 g/mol. The van der Waals surface area contributed by atoms with Gasteiger partial charge in [0.05, 0.1) is 33.5 Å². The van der Waals surface area contributed by atoms with Gasteiger partial charge in [0.25, 0.3) is 0 Å². The number of para-hydroxylation sites is 3. The molecule has 3 aliphatic rings. The molecular weight excluding hydrogens is 657 g/mol. The standard InChI is InChI=1S/C51H36N2O/c1-51(2)41-19-7-3-13-33(41)37-17-11-22-46(49(37)51)52-42-20-8-4-14-34(42)39-29-31(25-27-44(39)52)32-26-28-45-40(30-32)35-15-5-9-21-43(35)53(45)47-23-12-18-38-36-16-6-10-24-48(36)54-50(38)47/h3-30,38,50H,1-2H3. The van der Waals surface area contributed by atoms with E-state index in [-0.39, 0.29) is 17.4 Å². The van der Waals surface area contributed by atoms with E-state index in [0.29, 0.717) is 0 Å². The molecule has 0 bridgehead atoms. The Labute approximate surface area is 313 Å². The van der Waals surface area contributed by atoms with Crippen molar-refractivity contribution in [2.75, 3.05) is 0 Å². The lowest BCUT2D eigenvalue weighted by Gasteiger charge is -2.25. The summed E-state index contributed by atoms with van der Waals surface area (Å²) in [6.45, 7) is 4.75. The molecule has 9 aromatic rings. The zero-order valence-electron chi connectivity index (χ0n) is 30.1. The van der Waals surface area contributed by atoms with Crippen LogP contribution in [0.2, 0.25) is 0 Å². The third kappa shape index (κ3) is 3.91. The van der Waals surface area contributed by atoms with Gasteiger partial charge < -0.3 is 13.9 Å². The first-order valence-corrected chi connectivity index (χ1v) is 19.0. The second-order valence-corrected chi connectivity index (χ2v) is 15.6. The Morgan fingerprint density at radius 1 is 0.537 bits per heavy atom. The van der Waals surface area contributed by atoms with Crippen molar-refractivity contribution in [2.45, 2.75) is 31.3 Å². The van der Waals surface area contributed by atoms with Crippen LogP contribution < -0.4 is 4.74 Å². The Balaban J connectivity index is 1.02. The van der Waals surface area contributed by atoms with Gasteiger partial charge in [-0.25, -0.2) is 0 Å². The molecule has 1 aliphatic heterocycles. The number of hydrogen-bond donors (Lipinski definition) is 0. The maximum Gasteiger partial charge on any atom is 0.149 e. The fraction of sp³-hybridized carbons (Fsp3) is 0.0980. The molecule has 2 aromatic heterocycles. The van der Waals surface area contributed by atoms with Crippen molar-refractivity contribution in [3.05, 3.63) is 187 Å². The lowest BCUT2D eigenvalue weighted by Crippen LogP contribution is -2.24. The lowest BCUT2D eigenvalue weighted by atomic mass is 9.81. The van der Waals surface area contributed by atoms with E-state index >= 15 is 0 Å². The number of ether oxygens (including phenoxy) is 1. The SMILES string of the molecule is CC1(C)c2ccccc2-c2cccc(-n3c4ccccc4c4cc(-c5ccc6c(c5)c5ccccc5n6C5=CC=CC6c7ccccc7OC56)ccc43)c21. The summed E-state index contributed by atoms with van der Waals surface area (Å²) in [7, 11) is 0. The van der Waals surface area contributed by atoms with Crippen LogP contribution in [0.15, 0.2) is 170 Å². The van der Waals surface area contributed by atoms with E-state index < -0.39 is 0 Å². The fourth-order valence-electron chi connectivity index (χ4n) is 10.1. The van der Waals surface area contributed by atoms with Gasteiger partial charge in [0.1, 0.15) is 11.9 Å². The summed E-state index contributed by atoms with van der Waals surface area (Å²) in [6, 6.07) is 55.9. The maximum absolute atomic E-state index is 6.66. The topological polar surface area (TPSA) is 19.1 Å². The van der Waals surface area contributed by atoms with E-state index in [1.165, 1.54) is 93.9 Å². The highest BCUT2D eigenvalue weighted by Crippen LogP contribution is 2.52. The minimum Gasteiger partial charge on any atom is -0.483 e. The molecule has 256 valence electrons. The number of fused-ring (bicyclic) bond motifs is 12. The Bertz CT molecular complexity index is 3130. The highest BCUT2D eigenvalue weighted by molar-refractivity contribution is 6.13. The molecule has 0 fully saturated rings. The molecule has 12 rings (SSSR count). The maximum atomic E-state index is 6.66. The van der Waals surface area contributed by atoms with E-state index in [2.05, 4.69) is 193 Å². The van der Waals surface area contributed by atoms with Gasteiger partial charge in [-0.05, 0) is 88.0 Å². The molecule has 3 nitrogen and oxygen atoms in total. The summed E-state index contributed by atoms with van der Waals surface area (Å²) in [4.78, 5) is 0. The van der Waals surface area contributed by atoms with Crippen LogP contribution in [0.5, 0.6) is 5.75 Å². The summed E-state index contributed by atoms with van der Waals surface area (Å²) in [6.07, 6.45) is 6.64. The van der Waals surface area contributed by atoms with Crippen LogP contribution in [-0.2, 0) is 5.41 Å². The van der Waals surface area contributed by atoms with Crippen molar-refractivity contribution in [3.63, 3.8) is 0 Å². The molecule has 0 radical (unpaired) electrons. The second kappa shape index (κ2) is 10.7. The number of aromatic nitrogens is 2. The van der Waals surface area contributed by atoms with Crippen LogP contribution >= 0.6 is 0 Å². The van der Waals surface area contributed by atoms with Crippen LogP contribution in [0.3, 0.4) is 0 Å². The molecule has 0 saturated heterocycles. The van der Waals surface area contributed by atoms with Crippen LogP contribution in [-0.4, -0.2) is 15.2 Å². The van der Waals surface area contributed by atoms with Crippen molar-refractivity contribution >= 4 is 49.3 Å². The number of rotatable bonds is 3. The number of allylic oxidation sites excluding steroid dienone is 2. The van der Waals surface area contributed by atoms with Crippen molar-refractivity contribution in [1.29, 1.82) is 0 Å². The molecule has 0 N–H and O–H groups in total. The van der Waals surface area contributed by atoms with Crippen LogP contribution in [0, 0.1) is 0 Å². The smallest absolute Gasteiger partial charge is 0.149 e. The summed E-state index contributed by atoms with van der Waals surface area (Å²) in [5, 5.41) is 5.02. The van der Waals surface area contributed by atoms with Gasteiger partial charge in [0.15, 0.2) is 0 Å². The molecule has 54 heavy (non-hydrogen) atoms. The summed E-state index contributed by atoms with van der Waals surface area (Å²) < 4.78 is 11.6. The molecule has 3 heterocycles. The summed E-state index contributed by atoms with van der Waals surface area (Å²) in [5.41, 5.74) is 16.3. The van der Waals surface area contributed by atoms with E-state index in [9.17, 15) is 0 Å². The fourth-order valence-corrected chi connectivity index (χ4v) is 10.1. The average Bonchev–Trinajstić information content (AvgIpc) is 3.93. The van der Waals surface area contributed by atoms with E-state index in [1.807, 2.05) is 0 Å². The predicted octanol–water partition coefficient (Wildman–Crippen LogP) is 12.8. The number of hydrogen-bond acceptors (Lipinski definition) is 1. The molecule has 3 heteroatoms. The zero-order chi connectivity index (χ0) is 35.7. The first-order chi connectivity index (χ1) is 26.6. The lowest BCUT2D eigenvalue weighted by molar-refractivity contribution is 0.272. The van der Waals surface area contributed by atoms with Crippen LogP contribution in [0.4, 0.5) is 0 Å². The quantitative estimate of drug-likeness (QED) is 0.180. The molecule has 7 aromatic carbocycles. The van der Waals surface area contributed by atoms with Crippen molar-refractivity contribution < 1.29 is 4.74 Å². The van der Waals surface area contributed by atoms with Gasteiger partial charge in [-0.2, -0.15) is 0 Å². The van der Waals surface area contributed by atoms with Crippen LogP contribution in [0.1, 0.15) is 36.5 Å². The first-order valence-electron chi connectivity index (χ1n) is 19.0. The van der Waals surface area contributed by atoms with Crippen molar-refractivity contribution in [1.82, 2.24) is 9.13 Å². The molecule has 2 unspecified atom stereocenters. The third-order valence-corrected chi connectivity index (χ3v) is 12.5. The van der Waals surface area contributed by atoms with Gasteiger partial charge in [0.2, 0.25) is 0 Å². The molecule has 0 saturated carbocycles. The largest absolute Gasteiger partial charge is 0.483 e. The number of benzene rings is 7. The Morgan fingerprint density at radius 2 is 1.15 bits per heavy atom. The molecule has 2 atom stereocenters. The zero-order valence-corrected chi connectivity index (χ0v) is 30.1. The van der Waals surface area contributed by atoms with Crippen molar-refractivity contribution in [2.24, 2.45) is 0 Å². The van der Waals surface area contributed by atoms with E-state index in [0.717, 1.165) is 5.75 Å². The monoisotopic (exact) mass is 692 g/mol. The van der Waals surface area contributed by atoms with Gasteiger partial charge in [0, 0.05) is 38.4 Å². The van der Waals surface area contributed by atoms with Crippen LogP contribution in [0.25, 0.3) is 77.2 Å². The first kappa shape index (κ1) is 29.9. The van der Waals surface area contributed by atoms with E-state index in [1.54, 1.807) is 0 Å². The Hall–Kier alpha value is -6.58. The molecule has 0 spiro atoms. The minimum atomic E-state index is -0.118. The highest BCUT2D eigenvalue weighted by Gasteiger charge is 2.39. The number of nitrogens with zero attached hydrogens (tertiary/aromatic N) is 2. The molecule has 2 aliphatic carbocycles. The minimum absolute atomic E-state index is 0.0728. The molecule has 0 amide bonds. The van der Waals surface area contributed by atoms with Crippen molar-refractivity contribution in [3.8, 4) is 33.7 Å². The predicted molar refractivity (Wildman–Crippen MR) is 224 cm³/mol. The highest BCUT2D eigenvalue weighted by atomic mass is 16.5. The summed E-state index contributed by atoms with van der Waals surface area (Å²) in [5.74, 6) is 1.18. The van der Waals surface area contributed by atoms with Gasteiger partial charge in [-0.3, -0.25) is 0 Å². The second-order valence-electron chi connectivity index (χ2n) is 15.6. The Kier molecular flexibility index (Phi) is 5.96. The normalized spacial score (nSPS) is 17.8. The Morgan fingerprint density at radius 3 is 1.93 bits per heavy atom. The molecular formula is C51H36N2O. The van der Waals surface area contributed by atoms with Gasteiger partial charge >= 0.3 is 0 Å². The summed E-state index contributed by atoms with van der Waals surface area (Å²) >= 11 is 0. The van der Waals surface area contributed by atoms with Gasteiger partial charge in [-0.15, -0.1) is 0 Å². The van der Waals surface area contributed by atoms with E-state index in [4.69, 9.17) is 4.74 Å².